The number of imide groups is 2. The van der Waals surface area contributed by atoms with Crippen LogP contribution in [0, 0.1) is 3.57 Å². The maximum atomic E-state index is 11.9. The van der Waals surface area contributed by atoms with E-state index < -0.39 is 17.8 Å². The van der Waals surface area contributed by atoms with Gasteiger partial charge < -0.3 is 9.47 Å². The van der Waals surface area contributed by atoms with Crippen LogP contribution in [0.1, 0.15) is 11.1 Å². The Morgan fingerprint density at radius 2 is 1.71 bits per heavy atom. The SMILES string of the molecule is COc1cc(C=C2C(=O)NC(=O)NC2=O)cc(I)c1OCc1ccc(Br)cc1. The van der Waals surface area contributed by atoms with Gasteiger partial charge in [-0.1, -0.05) is 28.1 Å². The maximum Gasteiger partial charge on any atom is 0.328 e. The highest BCUT2D eigenvalue weighted by atomic mass is 127. The van der Waals surface area contributed by atoms with Gasteiger partial charge in [-0.25, -0.2) is 4.79 Å². The van der Waals surface area contributed by atoms with Crippen LogP contribution in [0.15, 0.2) is 46.4 Å². The van der Waals surface area contributed by atoms with Gasteiger partial charge in [-0.3, -0.25) is 20.2 Å². The Labute approximate surface area is 182 Å². The predicted octanol–water partition coefficient (Wildman–Crippen LogP) is 3.39. The van der Waals surface area contributed by atoms with Crippen molar-refractivity contribution in [2.24, 2.45) is 0 Å². The molecule has 2 aromatic carbocycles. The van der Waals surface area contributed by atoms with Gasteiger partial charge in [0.2, 0.25) is 0 Å². The summed E-state index contributed by atoms with van der Waals surface area (Å²) in [6, 6.07) is 10.3. The normalized spacial score (nSPS) is 13.7. The Kier molecular flexibility index (Phi) is 6.35. The smallest absolute Gasteiger partial charge is 0.328 e. The molecule has 7 nitrogen and oxygen atoms in total. The first-order valence-corrected chi connectivity index (χ1v) is 9.87. The second-order valence-electron chi connectivity index (χ2n) is 5.74. The van der Waals surface area contributed by atoms with E-state index in [2.05, 4.69) is 38.5 Å². The number of nitrogens with one attached hydrogen (secondary N) is 2. The molecule has 4 amide bonds. The third kappa shape index (κ3) is 4.71. The third-order valence-electron chi connectivity index (χ3n) is 3.80. The molecule has 1 heterocycles. The van der Waals surface area contributed by atoms with Gasteiger partial charge in [0.25, 0.3) is 11.8 Å². The van der Waals surface area contributed by atoms with E-state index in [0.29, 0.717) is 23.7 Å². The number of benzene rings is 2. The van der Waals surface area contributed by atoms with E-state index in [9.17, 15) is 14.4 Å². The first kappa shape index (κ1) is 20.3. The molecule has 1 aliphatic rings. The highest BCUT2D eigenvalue weighted by molar-refractivity contribution is 14.1. The van der Waals surface area contributed by atoms with Gasteiger partial charge in [0, 0.05) is 4.47 Å². The zero-order valence-corrected chi connectivity index (χ0v) is 18.3. The Morgan fingerprint density at radius 3 is 2.32 bits per heavy atom. The molecule has 1 saturated heterocycles. The van der Waals surface area contributed by atoms with Crippen LogP contribution < -0.4 is 20.1 Å². The monoisotopic (exact) mass is 556 g/mol. The van der Waals surface area contributed by atoms with Crippen LogP contribution in [-0.2, 0) is 16.2 Å². The number of amides is 4. The van der Waals surface area contributed by atoms with Gasteiger partial charge in [0.15, 0.2) is 11.5 Å². The van der Waals surface area contributed by atoms with E-state index in [1.807, 2.05) is 34.9 Å². The van der Waals surface area contributed by atoms with Crippen molar-refractivity contribution >= 4 is 62.4 Å². The van der Waals surface area contributed by atoms with Crippen molar-refractivity contribution in [2.75, 3.05) is 7.11 Å². The first-order chi connectivity index (χ1) is 13.4. The van der Waals surface area contributed by atoms with Crippen molar-refractivity contribution in [2.45, 2.75) is 6.61 Å². The summed E-state index contributed by atoms with van der Waals surface area (Å²) in [5.74, 6) is -0.485. The summed E-state index contributed by atoms with van der Waals surface area (Å²) in [4.78, 5) is 34.9. The number of carbonyl (C=O) groups excluding carboxylic acids is 3. The van der Waals surface area contributed by atoms with Crippen molar-refractivity contribution in [1.82, 2.24) is 10.6 Å². The summed E-state index contributed by atoms with van der Waals surface area (Å²) in [5.41, 5.74) is 1.39. The number of hydrogen-bond acceptors (Lipinski definition) is 5. The molecule has 0 atom stereocenters. The van der Waals surface area contributed by atoms with Crippen LogP contribution in [0.3, 0.4) is 0 Å². The fourth-order valence-corrected chi connectivity index (χ4v) is 3.52. The number of barbiturate groups is 1. The van der Waals surface area contributed by atoms with Gasteiger partial charge in [0.1, 0.15) is 12.2 Å². The lowest BCUT2D eigenvalue weighted by Crippen LogP contribution is -2.51. The first-order valence-electron chi connectivity index (χ1n) is 8.00. The van der Waals surface area contributed by atoms with Crippen molar-refractivity contribution in [1.29, 1.82) is 0 Å². The number of carbonyl (C=O) groups is 3. The Bertz CT molecular complexity index is 967. The molecule has 0 aliphatic carbocycles. The lowest BCUT2D eigenvalue weighted by Gasteiger charge is -2.16. The number of hydrogen-bond donors (Lipinski definition) is 2. The summed E-state index contributed by atoms with van der Waals surface area (Å²) in [6.07, 6.45) is 1.39. The Morgan fingerprint density at radius 1 is 1.07 bits per heavy atom. The van der Waals surface area contributed by atoms with Crippen molar-refractivity contribution in [3.05, 3.63) is 61.1 Å². The van der Waals surface area contributed by atoms with E-state index in [1.54, 1.807) is 12.1 Å². The second kappa shape index (κ2) is 8.74. The number of halogens is 2. The molecular formula is C19H14BrIN2O5. The summed E-state index contributed by atoms with van der Waals surface area (Å²) in [6.45, 7) is 0.354. The standard InChI is InChI=1S/C19H14BrIN2O5/c1-27-15-8-11(6-13-17(24)22-19(26)23-18(13)25)7-14(21)16(15)28-9-10-2-4-12(20)5-3-10/h2-8H,9H2,1H3,(H2,22,23,24,25,26). The Hall–Kier alpha value is -2.40. The van der Waals surface area contributed by atoms with Gasteiger partial charge in [-0.05, 0) is 64.1 Å². The van der Waals surface area contributed by atoms with Crippen LogP contribution in [-0.4, -0.2) is 25.0 Å². The average molecular weight is 557 g/mol. The summed E-state index contributed by atoms with van der Waals surface area (Å²) >= 11 is 5.49. The van der Waals surface area contributed by atoms with Crippen LogP contribution >= 0.6 is 38.5 Å². The lowest BCUT2D eigenvalue weighted by atomic mass is 10.1. The number of methoxy groups -OCH3 is 1. The second-order valence-corrected chi connectivity index (χ2v) is 7.82. The van der Waals surface area contributed by atoms with E-state index in [4.69, 9.17) is 9.47 Å². The van der Waals surface area contributed by atoms with E-state index >= 15 is 0 Å². The molecule has 0 saturated carbocycles. The highest BCUT2D eigenvalue weighted by Crippen LogP contribution is 2.35. The maximum absolute atomic E-state index is 11.9. The topological polar surface area (TPSA) is 93.7 Å². The molecule has 3 rings (SSSR count). The van der Waals surface area contributed by atoms with E-state index in [0.717, 1.165) is 13.6 Å². The molecule has 9 heteroatoms. The third-order valence-corrected chi connectivity index (χ3v) is 5.13. The highest BCUT2D eigenvalue weighted by Gasteiger charge is 2.27. The van der Waals surface area contributed by atoms with Crippen molar-refractivity contribution in [3.8, 4) is 11.5 Å². The molecule has 0 aromatic heterocycles. The lowest BCUT2D eigenvalue weighted by molar-refractivity contribution is -0.123. The minimum atomic E-state index is -0.837. The molecule has 2 aromatic rings. The van der Waals surface area contributed by atoms with Crippen LogP contribution in [0.2, 0.25) is 0 Å². The molecule has 1 fully saturated rings. The summed E-state index contributed by atoms with van der Waals surface area (Å²) in [5, 5.41) is 4.08. The van der Waals surface area contributed by atoms with Gasteiger partial charge >= 0.3 is 6.03 Å². The molecule has 0 spiro atoms. The minimum absolute atomic E-state index is 0.166. The van der Waals surface area contributed by atoms with Crippen LogP contribution in [0.4, 0.5) is 4.79 Å². The molecular weight excluding hydrogens is 543 g/mol. The van der Waals surface area contributed by atoms with Crippen molar-refractivity contribution in [3.63, 3.8) is 0 Å². The Balaban J connectivity index is 1.86. The molecule has 1 aliphatic heterocycles. The van der Waals surface area contributed by atoms with Gasteiger partial charge in [-0.2, -0.15) is 0 Å². The van der Waals surface area contributed by atoms with Gasteiger partial charge in [-0.15, -0.1) is 0 Å². The minimum Gasteiger partial charge on any atom is -0.493 e. The quantitative estimate of drug-likeness (QED) is 0.334. The van der Waals surface area contributed by atoms with Crippen LogP contribution in [0.25, 0.3) is 6.08 Å². The molecule has 0 bridgehead atoms. The molecule has 2 N–H and O–H groups in total. The molecule has 0 unspecified atom stereocenters. The number of rotatable bonds is 5. The summed E-state index contributed by atoms with van der Waals surface area (Å²) < 4.78 is 13.1. The number of urea groups is 1. The zero-order chi connectivity index (χ0) is 20.3. The van der Waals surface area contributed by atoms with Gasteiger partial charge in [0.05, 0.1) is 10.7 Å². The summed E-state index contributed by atoms with van der Waals surface area (Å²) in [7, 11) is 1.51. The van der Waals surface area contributed by atoms with E-state index in [1.165, 1.54) is 13.2 Å². The molecule has 28 heavy (non-hydrogen) atoms. The van der Waals surface area contributed by atoms with Crippen LogP contribution in [0.5, 0.6) is 11.5 Å². The zero-order valence-electron chi connectivity index (χ0n) is 14.5. The van der Waals surface area contributed by atoms with Crippen molar-refractivity contribution < 1.29 is 23.9 Å². The largest absolute Gasteiger partial charge is 0.493 e. The van der Waals surface area contributed by atoms with E-state index in [-0.39, 0.29) is 5.57 Å². The fraction of sp³-hybridized carbons (Fsp3) is 0.105. The average Bonchev–Trinajstić information content (AvgIpc) is 2.64. The molecule has 144 valence electrons. The predicted molar refractivity (Wildman–Crippen MR) is 114 cm³/mol. The fourth-order valence-electron chi connectivity index (χ4n) is 2.47. The number of ether oxygens (including phenoxy) is 2. The molecule has 0 radical (unpaired) electrons.